The Kier molecular flexibility index (Phi) is 28.4. The van der Waals surface area contributed by atoms with E-state index in [-0.39, 0.29) is 37.6 Å². The number of hydrogen-bond donors (Lipinski definition) is 4. The number of aliphatic hydroxyl groups is 2. The van der Waals surface area contributed by atoms with E-state index in [0.29, 0.717) is 35.7 Å². The fraction of sp³-hybridized carbons (Fsp3) is 0.630. The molecule has 60 heavy (non-hydrogen) atoms. The van der Waals surface area contributed by atoms with Crippen LogP contribution in [0.1, 0.15) is 152 Å². The number of nitrogens with two attached hydrogens (primary N) is 2. The lowest BCUT2D eigenvalue weighted by Crippen LogP contribution is -2.23. The van der Waals surface area contributed by atoms with Crippen molar-refractivity contribution in [3.05, 3.63) is 88.0 Å². The minimum absolute atomic E-state index is 0.143. The van der Waals surface area contributed by atoms with Crippen molar-refractivity contribution in [3.8, 4) is 11.8 Å². The van der Waals surface area contributed by atoms with Crippen molar-refractivity contribution in [1.82, 2.24) is 4.68 Å². The molecule has 3 rings (SSSR count). The summed E-state index contributed by atoms with van der Waals surface area (Å²) in [6.07, 6.45) is 20.8. The molecule has 2 aromatic carbocycles. The van der Waals surface area contributed by atoms with Gasteiger partial charge in [-0.1, -0.05) is 127 Å². The Morgan fingerprint density at radius 1 is 0.817 bits per heavy atom. The van der Waals surface area contributed by atoms with Crippen LogP contribution in [0.5, 0.6) is 5.75 Å². The van der Waals surface area contributed by atoms with Crippen molar-refractivity contribution in [1.29, 1.82) is 5.26 Å². The maximum Gasteiger partial charge on any atom is 0.397 e. The van der Waals surface area contributed by atoms with E-state index >= 15 is 0 Å². The summed E-state index contributed by atoms with van der Waals surface area (Å²) in [5.41, 5.74) is 8.44. The number of nitriles is 1. The first-order valence-corrected chi connectivity index (χ1v) is 23.3. The van der Waals surface area contributed by atoms with Crippen molar-refractivity contribution in [3.63, 3.8) is 0 Å². The fourth-order valence-electron chi connectivity index (χ4n) is 6.43. The molecule has 6 N–H and O–H groups in total. The number of nitrogen functional groups attached to an aromatic ring is 1. The van der Waals surface area contributed by atoms with Crippen molar-refractivity contribution < 1.29 is 37.6 Å². The number of unbranched alkanes of at least 4 members (excludes halogenated alkanes) is 14. The molecule has 338 valence electrons. The number of aryl methyl sites for hydroxylation is 1. The zero-order valence-electron chi connectivity index (χ0n) is 36.6. The highest BCUT2D eigenvalue weighted by Crippen LogP contribution is 2.43. The van der Waals surface area contributed by atoms with Crippen molar-refractivity contribution in [2.75, 3.05) is 26.2 Å². The SMILES string of the molecule is CC(C)(O)O.CCCCCCCCCCCCCCCCCC(COP(OCC(CCc1ccc(CN)n1N)OC)Oc1ccccc1Cl)OCc1cc(F)cc(C#N)c1. The van der Waals surface area contributed by atoms with E-state index in [1.165, 1.54) is 109 Å². The van der Waals surface area contributed by atoms with Gasteiger partial charge < -0.3 is 35.8 Å². The summed E-state index contributed by atoms with van der Waals surface area (Å²) in [7, 11) is -0.261. The van der Waals surface area contributed by atoms with E-state index in [0.717, 1.165) is 30.7 Å². The number of methoxy groups -OCH3 is 1. The second-order valence-electron chi connectivity index (χ2n) is 15.7. The molecule has 0 saturated heterocycles. The van der Waals surface area contributed by atoms with Crippen LogP contribution >= 0.6 is 20.2 Å². The van der Waals surface area contributed by atoms with E-state index in [9.17, 15) is 9.65 Å². The highest BCUT2D eigenvalue weighted by molar-refractivity contribution is 7.42. The van der Waals surface area contributed by atoms with Gasteiger partial charge in [0, 0.05) is 19.3 Å². The normalized spacial score (nSPS) is 13.0. The van der Waals surface area contributed by atoms with Crippen LogP contribution in [0.2, 0.25) is 5.02 Å². The topological polar surface area (TPSA) is 167 Å². The van der Waals surface area contributed by atoms with Gasteiger partial charge in [0.25, 0.3) is 0 Å². The molecular formula is C46H73ClFN4O7P. The maximum atomic E-state index is 14.2. The van der Waals surface area contributed by atoms with Crippen LogP contribution in [0.3, 0.4) is 0 Å². The van der Waals surface area contributed by atoms with E-state index in [4.69, 9.17) is 56.4 Å². The first-order valence-electron chi connectivity index (χ1n) is 21.8. The Morgan fingerprint density at radius 3 is 1.90 bits per heavy atom. The molecule has 0 spiro atoms. The van der Waals surface area contributed by atoms with Crippen LogP contribution in [0.15, 0.2) is 54.6 Å². The predicted molar refractivity (Wildman–Crippen MR) is 240 cm³/mol. The molecule has 3 unspecified atom stereocenters. The van der Waals surface area contributed by atoms with Gasteiger partial charge in [0.2, 0.25) is 0 Å². The molecule has 11 nitrogen and oxygen atoms in total. The van der Waals surface area contributed by atoms with E-state index in [1.807, 2.05) is 30.3 Å². The van der Waals surface area contributed by atoms with Gasteiger partial charge >= 0.3 is 8.60 Å². The first kappa shape index (κ1) is 53.3. The minimum atomic E-state index is -1.90. The van der Waals surface area contributed by atoms with Crippen LogP contribution < -0.4 is 16.1 Å². The van der Waals surface area contributed by atoms with Crippen LogP contribution in [0, 0.1) is 17.1 Å². The number of rotatable bonds is 32. The van der Waals surface area contributed by atoms with Gasteiger partial charge in [-0.3, -0.25) is 13.7 Å². The number of nitrogens with zero attached hydrogens (tertiary/aromatic N) is 2. The lowest BCUT2D eigenvalue weighted by Gasteiger charge is -2.24. The zero-order valence-corrected chi connectivity index (χ0v) is 38.2. The van der Waals surface area contributed by atoms with Gasteiger partial charge in [-0.05, 0) is 81.1 Å². The standard InChI is InChI=1S/C43H65ClFN4O5P.C3H8O2/c1-3-4-5-6-7-8-9-10-11-12-13-14-15-16-17-20-41(51-32-36-27-35(30-46)28-37(45)29-36)34-53-55(54-43-22-19-18-21-42(43)44)52-33-40(50-2)26-25-38-23-24-39(31-47)49(38)48;1-3(2,4)5/h18-19,21-24,27-29,40-41H,3-17,20,25-26,31-34,47-48H2,1-2H3;4-5H,1-2H3. The zero-order chi connectivity index (χ0) is 44.0. The highest BCUT2D eigenvalue weighted by Gasteiger charge is 2.23. The van der Waals surface area contributed by atoms with Crippen LogP contribution in [0.25, 0.3) is 0 Å². The summed E-state index contributed by atoms with van der Waals surface area (Å²) in [5, 5.41) is 25.9. The molecule has 1 aromatic heterocycles. The van der Waals surface area contributed by atoms with Crippen LogP contribution in [0.4, 0.5) is 4.39 Å². The van der Waals surface area contributed by atoms with Gasteiger partial charge in [-0.2, -0.15) is 5.26 Å². The summed E-state index contributed by atoms with van der Waals surface area (Å²) < 4.78 is 46.6. The number of para-hydroxylation sites is 1. The molecule has 0 aliphatic carbocycles. The third-order valence-electron chi connectivity index (χ3n) is 9.80. The number of halogens is 2. The number of ether oxygens (including phenoxy) is 2. The lowest BCUT2D eigenvalue weighted by atomic mass is 10.0. The summed E-state index contributed by atoms with van der Waals surface area (Å²) in [5.74, 6) is 4.67. The van der Waals surface area contributed by atoms with Crippen LogP contribution in [-0.4, -0.2) is 53.2 Å². The Morgan fingerprint density at radius 2 is 1.37 bits per heavy atom. The predicted octanol–water partition coefficient (Wildman–Crippen LogP) is 11.2. The molecule has 1 heterocycles. The van der Waals surface area contributed by atoms with Gasteiger partial charge in [0.05, 0.1) is 54.4 Å². The maximum absolute atomic E-state index is 14.2. The molecule has 3 aromatic rings. The third kappa shape index (κ3) is 25.2. The number of benzene rings is 2. The summed E-state index contributed by atoms with van der Waals surface area (Å²) in [4.78, 5) is 0. The monoisotopic (exact) mass is 878 g/mol. The number of hydrogen-bond acceptors (Lipinski definition) is 10. The van der Waals surface area contributed by atoms with Crippen molar-refractivity contribution >= 4 is 20.2 Å². The molecule has 0 aliphatic heterocycles. The Bertz CT molecular complexity index is 1600. The van der Waals surface area contributed by atoms with E-state index in [1.54, 1.807) is 30.0 Å². The van der Waals surface area contributed by atoms with Gasteiger partial charge in [0.15, 0.2) is 5.79 Å². The summed E-state index contributed by atoms with van der Waals surface area (Å²) in [6.45, 7) is 5.77. The third-order valence-corrected chi connectivity index (χ3v) is 11.2. The van der Waals surface area contributed by atoms with E-state index < -0.39 is 20.2 Å². The Labute approximate surface area is 365 Å². The Balaban J connectivity index is 0.00000233. The molecule has 0 aliphatic rings. The molecular weight excluding hydrogens is 806 g/mol. The molecule has 0 radical (unpaired) electrons. The molecule has 0 amide bonds. The molecule has 3 atom stereocenters. The average Bonchev–Trinajstić information content (AvgIpc) is 3.58. The van der Waals surface area contributed by atoms with Gasteiger partial charge in [-0.25, -0.2) is 4.39 Å². The summed E-state index contributed by atoms with van der Waals surface area (Å²) >= 11 is 6.45. The Hall–Kier alpha value is -2.82. The lowest BCUT2D eigenvalue weighted by molar-refractivity contribution is -0.127. The smallest absolute Gasteiger partial charge is 0.397 e. The summed E-state index contributed by atoms with van der Waals surface area (Å²) in [6, 6.07) is 17.3. The van der Waals surface area contributed by atoms with Gasteiger partial charge in [-0.15, -0.1) is 0 Å². The van der Waals surface area contributed by atoms with Gasteiger partial charge in [0.1, 0.15) is 11.6 Å². The average molecular weight is 880 g/mol. The van der Waals surface area contributed by atoms with Crippen molar-refractivity contribution in [2.24, 2.45) is 5.73 Å². The minimum Gasteiger partial charge on any atom is -0.425 e. The second kappa shape index (κ2) is 31.9. The molecule has 0 bridgehead atoms. The quantitative estimate of drug-likeness (QED) is 0.0205. The molecule has 0 saturated carbocycles. The first-order chi connectivity index (χ1) is 28.9. The largest absolute Gasteiger partial charge is 0.425 e. The second-order valence-corrected chi connectivity index (χ2v) is 17.3. The highest BCUT2D eigenvalue weighted by atomic mass is 35.5. The van der Waals surface area contributed by atoms with Crippen molar-refractivity contribution in [2.45, 2.75) is 167 Å². The number of aromatic nitrogens is 1. The molecule has 0 fully saturated rings. The fourth-order valence-corrected chi connectivity index (χ4v) is 7.74. The van der Waals surface area contributed by atoms with E-state index in [2.05, 4.69) is 6.92 Å². The van der Waals surface area contributed by atoms with Crippen LogP contribution in [-0.2, 0) is 38.1 Å². The molecule has 14 heteroatoms.